The number of rotatable bonds is 1. The second-order valence-corrected chi connectivity index (χ2v) is 9.56. The summed E-state index contributed by atoms with van der Waals surface area (Å²) in [5.41, 5.74) is 1.62. The third kappa shape index (κ3) is 6.83. The van der Waals surface area contributed by atoms with Crippen molar-refractivity contribution in [3.8, 4) is 0 Å². The SMILES string of the molecule is C/C=C\[Si](Cl)(Cl)Cl. The van der Waals surface area contributed by atoms with Crippen molar-refractivity contribution in [2.45, 2.75) is 6.92 Å². The van der Waals surface area contributed by atoms with Gasteiger partial charge in [0, 0.05) is 0 Å². The predicted octanol–water partition coefficient (Wildman–Crippen LogP) is 2.76. The van der Waals surface area contributed by atoms with Gasteiger partial charge in [-0.25, -0.2) is 0 Å². The van der Waals surface area contributed by atoms with Crippen LogP contribution in [0.25, 0.3) is 0 Å². The van der Waals surface area contributed by atoms with Crippen LogP contribution < -0.4 is 0 Å². The van der Waals surface area contributed by atoms with Crippen molar-refractivity contribution in [1.29, 1.82) is 0 Å². The number of hydrogen-bond donors (Lipinski definition) is 0. The standard InChI is InChI=1S/C3H5Cl3Si/c1-2-3-7(4,5)6/h2-3H,1H3/b3-2-. The van der Waals surface area contributed by atoms with Gasteiger partial charge in [0.1, 0.15) is 0 Å². The van der Waals surface area contributed by atoms with Crippen LogP contribution >= 0.6 is 33.2 Å². The van der Waals surface area contributed by atoms with Crippen molar-refractivity contribution in [3.05, 3.63) is 11.8 Å². The molecule has 7 heavy (non-hydrogen) atoms. The Balaban J connectivity index is 3.56. The van der Waals surface area contributed by atoms with Gasteiger partial charge in [-0.05, 0) is 6.92 Å². The van der Waals surface area contributed by atoms with Crippen LogP contribution in [0.5, 0.6) is 0 Å². The van der Waals surface area contributed by atoms with Gasteiger partial charge < -0.3 is 0 Å². The fourth-order valence-electron chi connectivity index (χ4n) is 0.189. The lowest BCUT2D eigenvalue weighted by atomic mass is 10.8. The van der Waals surface area contributed by atoms with E-state index in [4.69, 9.17) is 33.2 Å². The van der Waals surface area contributed by atoms with Crippen LogP contribution in [0, 0.1) is 0 Å². The van der Waals surface area contributed by atoms with Crippen LogP contribution in [0.1, 0.15) is 6.92 Å². The second kappa shape index (κ2) is 2.97. The van der Waals surface area contributed by atoms with Crippen LogP contribution in [-0.4, -0.2) is 6.00 Å². The summed E-state index contributed by atoms with van der Waals surface area (Å²) < 4.78 is 0. The molecule has 0 saturated heterocycles. The van der Waals surface area contributed by atoms with Crippen LogP contribution in [0.2, 0.25) is 0 Å². The first-order chi connectivity index (χ1) is 3.06. The molecule has 0 fully saturated rings. The minimum absolute atomic E-state index is 1.62. The monoisotopic (exact) mass is 174 g/mol. The molecule has 0 amide bonds. The van der Waals surface area contributed by atoms with Gasteiger partial charge in [-0.1, -0.05) is 11.8 Å². The Labute approximate surface area is 58.2 Å². The summed E-state index contributed by atoms with van der Waals surface area (Å²) in [6.45, 7) is 1.83. The summed E-state index contributed by atoms with van der Waals surface area (Å²) in [5.74, 6) is 0. The van der Waals surface area contributed by atoms with E-state index in [0.29, 0.717) is 0 Å². The predicted molar refractivity (Wildman–Crippen MR) is 38.1 cm³/mol. The highest BCUT2D eigenvalue weighted by Crippen LogP contribution is 2.20. The molecule has 0 nitrogen and oxygen atoms in total. The molecule has 0 bridgehead atoms. The maximum atomic E-state index is 5.42. The van der Waals surface area contributed by atoms with E-state index in [1.165, 1.54) is 0 Å². The van der Waals surface area contributed by atoms with Gasteiger partial charge in [0.05, 0.1) is 0 Å². The van der Waals surface area contributed by atoms with Gasteiger partial charge in [-0.2, -0.15) is 0 Å². The highest BCUT2D eigenvalue weighted by molar-refractivity contribution is 7.66. The largest absolute Gasteiger partial charge is 0.365 e. The zero-order valence-corrected chi connectivity index (χ0v) is 7.06. The average molecular weight is 176 g/mol. The molecule has 0 radical (unpaired) electrons. The molecule has 0 aromatic heterocycles. The van der Waals surface area contributed by atoms with Gasteiger partial charge >= 0.3 is 6.00 Å². The smallest absolute Gasteiger partial charge is 0.121 e. The Morgan fingerprint density at radius 2 is 1.71 bits per heavy atom. The molecular weight excluding hydrogens is 170 g/mol. The van der Waals surface area contributed by atoms with E-state index in [1.54, 1.807) is 11.8 Å². The van der Waals surface area contributed by atoms with Crippen molar-refractivity contribution < 1.29 is 0 Å². The van der Waals surface area contributed by atoms with Crippen molar-refractivity contribution in [3.63, 3.8) is 0 Å². The first kappa shape index (κ1) is 7.83. The van der Waals surface area contributed by atoms with E-state index in [0.717, 1.165) is 0 Å². The molecule has 0 rings (SSSR count). The molecule has 0 aliphatic rings. The van der Waals surface area contributed by atoms with E-state index in [-0.39, 0.29) is 0 Å². The van der Waals surface area contributed by atoms with Crippen LogP contribution in [-0.2, 0) is 0 Å². The highest BCUT2D eigenvalue weighted by Gasteiger charge is 2.18. The summed E-state index contributed by atoms with van der Waals surface area (Å²) in [6, 6.07) is -2.42. The van der Waals surface area contributed by atoms with Crippen LogP contribution in [0.3, 0.4) is 0 Å². The molecule has 0 aliphatic carbocycles. The fraction of sp³-hybridized carbons (Fsp3) is 0.333. The molecular formula is C3H5Cl3Si. The fourth-order valence-corrected chi connectivity index (χ4v) is 1.70. The van der Waals surface area contributed by atoms with Gasteiger partial charge in [0.25, 0.3) is 0 Å². The zero-order valence-electron chi connectivity index (χ0n) is 3.79. The molecule has 0 aromatic carbocycles. The molecule has 0 heterocycles. The summed E-state index contributed by atoms with van der Waals surface area (Å²) in [5, 5.41) is 0. The summed E-state index contributed by atoms with van der Waals surface area (Å²) >= 11 is 16.2. The first-order valence-electron chi connectivity index (χ1n) is 1.77. The van der Waals surface area contributed by atoms with Crippen molar-refractivity contribution >= 4 is 39.2 Å². The summed E-state index contributed by atoms with van der Waals surface area (Å²) in [7, 11) is 0. The lowest BCUT2D eigenvalue weighted by Gasteiger charge is -1.94. The second-order valence-electron chi connectivity index (χ2n) is 1.04. The van der Waals surface area contributed by atoms with E-state index in [2.05, 4.69) is 0 Å². The molecule has 0 spiro atoms. The topological polar surface area (TPSA) is 0 Å². The zero-order chi connectivity index (χ0) is 5.91. The first-order valence-corrected chi connectivity index (χ1v) is 6.88. The number of allylic oxidation sites excluding steroid dienone is 1. The average Bonchev–Trinajstić information content (AvgIpc) is 1.30. The number of hydrogen-bond acceptors (Lipinski definition) is 0. The minimum Gasteiger partial charge on any atom is -0.121 e. The third-order valence-electron chi connectivity index (χ3n) is 0.356. The van der Waals surface area contributed by atoms with Crippen LogP contribution in [0.15, 0.2) is 11.8 Å². The van der Waals surface area contributed by atoms with E-state index < -0.39 is 6.00 Å². The minimum atomic E-state index is -2.42. The normalized spacial score (nSPS) is 13.1. The third-order valence-corrected chi connectivity index (χ3v) is 2.20. The molecule has 0 saturated carbocycles. The van der Waals surface area contributed by atoms with Gasteiger partial charge in [-0.15, -0.1) is 33.2 Å². The van der Waals surface area contributed by atoms with E-state index in [1.807, 2.05) is 6.92 Å². The van der Waals surface area contributed by atoms with Crippen molar-refractivity contribution in [1.82, 2.24) is 0 Å². The molecule has 42 valence electrons. The van der Waals surface area contributed by atoms with Crippen molar-refractivity contribution in [2.75, 3.05) is 0 Å². The Hall–Kier alpha value is 0.827. The Kier molecular flexibility index (Phi) is 3.33. The Morgan fingerprint density at radius 3 is 1.71 bits per heavy atom. The van der Waals surface area contributed by atoms with Gasteiger partial charge in [0.15, 0.2) is 0 Å². The van der Waals surface area contributed by atoms with Gasteiger partial charge in [0.2, 0.25) is 0 Å². The van der Waals surface area contributed by atoms with Crippen molar-refractivity contribution in [2.24, 2.45) is 0 Å². The summed E-state index contributed by atoms with van der Waals surface area (Å²) in [4.78, 5) is 0. The quantitative estimate of drug-likeness (QED) is 0.425. The van der Waals surface area contributed by atoms with Crippen LogP contribution in [0.4, 0.5) is 0 Å². The van der Waals surface area contributed by atoms with Gasteiger partial charge in [-0.3, -0.25) is 0 Å². The molecule has 0 unspecified atom stereocenters. The molecule has 0 atom stereocenters. The summed E-state index contributed by atoms with van der Waals surface area (Å²) in [6.07, 6.45) is 1.75. The van der Waals surface area contributed by atoms with E-state index >= 15 is 0 Å². The molecule has 0 aliphatic heterocycles. The highest BCUT2D eigenvalue weighted by atomic mass is 35.8. The maximum absolute atomic E-state index is 5.42. The Bertz CT molecular complexity index is 72.7. The molecule has 4 heteroatoms. The van der Waals surface area contributed by atoms with E-state index in [9.17, 15) is 0 Å². The Morgan fingerprint density at radius 1 is 1.29 bits per heavy atom. The lowest BCUT2D eigenvalue weighted by molar-refractivity contribution is 1.78. The molecule has 0 N–H and O–H groups in total. The number of halogens is 3. The lowest BCUT2D eigenvalue weighted by Crippen LogP contribution is -2.02. The molecule has 0 aromatic rings. The maximum Gasteiger partial charge on any atom is 0.365 e.